The lowest BCUT2D eigenvalue weighted by Gasteiger charge is -2.16. The second kappa shape index (κ2) is 7.16. The van der Waals surface area contributed by atoms with Crippen molar-refractivity contribution < 1.29 is 13.2 Å². The minimum absolute atomic E-state index is 0. The van der Waals surface area contributed by atoms with Gasteiger partial charge in [-0.25, -0.2) is 0 Å². The highest BCUT2D eigenvalue weighted by Gasteiger charge is 2.33. The number of hydrogen-bond donors (Lipinski definition) is 1. The molecule has 0 heterocycles. The molecular weight excluding hydrogens is 311 g/mol. The van der Waals surface area contributed by atoms with E-state index in [1.54, 1.807) is 6.07 Å². The van der Waals surface area contributed by atoms with Crippen LogP contribution in [0, 0.1) is 0 Å². The van der Waals surface area contributed by atoms with Gasteiger partial charge in [-0.2, -0.15) is 13.2 Å². The smallest absolute Gasteiger partial charge is 0.326 e. The van der Waals surface area contributed by atoms with Crippen LogP contribution in [0.15, 0.2) is 42.5 Å². The van der Waals surface area contributed by atoms with Gasteiger partial charge in [-0.3, -0.25) is 0 Å². The molecule has 0 aliphatic heterocycles. The molecule has 1 nitrogen and oxygen atoms in total. The fourth-order valence-electron chi connectivity index (χ4n) is 2.45. The van der Waals surface area contributed by atoms with Crippen molar-refractivity contribution in [2.75, 3.05) is 0 Å². The van der Waals surface area contributed by atoms with E-state index in [-0.39, 0.29) is 30.4 Å². The van der Waals surface area contributed by atoms with Crippen molar-refractivity contribution in [3.63, 3.8) is 0 Å². The molecule has 2 aromatic rings. The van der Waals surface area contributed by atoms with Gasteiger partial charge in [-0.1, -0.05) is 50.2 Å². The molecule has 2 N–H and O–H groups in total. The zero-order valence-electron chi connectivity index (χ0n) is 12.4. The van der Waals surface area contributed by atoms with Gasteiger partial charge in [0.05, 0.1) is 5.56 Å². The summed E-state index contributed by atoms with van der Waals surface area (Å²) in [6, 6.07) is 11.9. The van der Waals surface area contributed by atoms with Crippen molar-refractivity contribution in [3.8, 4) is 11.1 Å². The molecule has 0 amide bonds. The average molecular weight is 330 g/mol. The Hall–Kier alpha value is -1.52. The minimum Gasteiger partial charge on any atom is -0.326 e. The Morgan fingerprint density at radius 1 is 1.05 bits per heavy atom. The molecule has 2 rings (SSSR count). The highest BCUT2D eigenvalue weighted by molar-refractivity contribution is 5.85. The number of halogens is 4. The van der Waals surface area contributed by atoms with Gasteiger partial charge >= 0.3 is 6.18 Å². The Balaban J connectivity index is 0.00000242. The molecular formula is C17H19ClF3N. The topological polar surface area (TPSA) is 26.0 Å². The molecule has 2 aromatic carbocycles. The van der Waals surface area contributed by atoms with Gasteiger partial charge in [0, 0.05) is 6.54 Å². The maximum absolute atomic E-state index is 13.1. The molecule has 0 saturated heterocycles. The van der Waals surface area contributed by atoms with Crippen LogP contribution in [-0.4, -0.2) is 0 Å². The van der Waals surface area contributed by atoms with Crippen LogP contribution < -0.4 is 5.73 Å². The summed E-state index contributed by atoms with van der Waals surface area (Å²) in [6.07, 6.45) is -4.39. The van der Waals surface area contributed by atoms with Crippen LogP contribution in [0.25, 0.3) is 11.1 Å². The molecule has 0 spiro atoms. The van der Waals surface area contributed by atoms with Crippen molar-refractivity contribution in [1.82, 2.24) is 0 Å². The van der Waals surface area contributed by atoms with E-state index < -0.39 is 11.7 Å². The summed E-state index contributed by atoms with van der Waals surface area (Å²) in [5.74, 6) is 0.240. The Labute approximate surface area is 134 Å². The van der Waals surface area contributed by atoms with Crippen molar-refractivity contribution in [3.05, 3.63) is 59.2 Å². The minimum atomic E-state index is -4.39. The van der Waals surface area contributed by atoms with Crippen LogP contribution in [0.4, 0.5) is 13.2 Å². The normalized spacial score (nSPS) is 11.4. The molecule has 5 heteroatoms. The summed E-state index contributed by atoms with van der Waals surface area (Å²) in [7, 11) is 0. The number of hydrogen-bond acceptors (Lipinski definition) is 1. The third-order valence-electron chi connectivity index (χ3n) is 3.53. The lowest BCUT2D eigenvalue weighted by atomic mass is 9.91. The van der Waals surface area contributed by atoms with Gasteiger partial charge in [-0.05, 0) is 34.2 Å². The molecule has 0 aromatic heterocycles. The zero-order valence-corrected chi connectivity index (χ0v) is 13.3. The molecule has 0 unspecified atom stereocenters. The Morgan fingerprint density at radius 3 is 2.23 bits per heavy atom. The Kier molecular flexibility index (Phi) is 6.03. The molecule has 22 heavy (non-hydrogen) atoms. The highest BCUT2D eigenvalue weighted by atomic mass is 35.5. The van der Waals surface area contributed by atoms with Crippen LogP contribution in [0.1, 0.15) is 36.5 Å². The number of nitrogens with two attached hydrogens (primary N) is 1. The lowest BCUT2D eigenvalue weighted by Crippen LogP contribution is -2.12. The van der Waals surface area contributed by atoms with Gasteiger partial charge in [-0.15, -0.1) is 12.4 Å². The van der Waals surface area contributed by atoms with Crippen molar-refractivity contribution in [1.29, 1.82) is 0 Å². The maximum Gasteiger partial charge on any atom is 0.416 e. The van der Waals surface area contributed by atoms with Crippen molar-refractivity contribution >= 4 is 12.4 Å². The fraction of sp³-hybridized carbons (Fsp3) is 0.294. The number of rotatable bonds is 3. The van der Waals surface area contributed by atoms with Crippen LogP contribution in [0.5, 0.6) is 0 Å². The first-order chi connectivity index (χ1) is 9.84. The largest absolute Gasteiger partial charge is 0.416 e. The highest BCUT2D eigenvalue weighted by Crippen LogP contribution is 2.36. The monoisotopic (exact) mass is 329 g/mol. The van der Waals surface area contributed by atoms with Gasteiger partial charge in [0.2, 0.25) is 0 Å². The summed E-state index contributed by atoms with van der Waals surface area (Å²) in [5.41, 5.74) is 7.32. The first-order valence-corrected chi connectivity index (χ1v) is 6.84. The van der Waals surface area contributed by atoms with E-state index in [0.29, 0.717) is 5.56 Å². The first kappa shape index (κ1) is 18.5. The van der Waals surface area contributed by atoms with Crippen LogP contribution in [-0.2, 0) is 12.7 Å². The Bertz CT molecular complexity index is 636. The molecule has 0 bridgehead atoms. The summed E-state index contributed by atoms with van der Waals surface area (Å²) in [4.78, 5) is 0. The van der Waals surface area contributed by atoms with E-state index in [4.69, 9.17) is 5.73 Å². The molecule has 0 atom stereocenters. The maximum atomic E-state index is 13.1. The van der Waals surface area contributed by atoms with Crippen LogP contribution in [0.3, 0.4) is 0 Å². The van der Waals surface area contributed by atoms with E-state index >= 15 is 0 Å². The second-order valence-electron chi connectivity index (χ2n) is 5.32. The molecule has 0 saturated carbocycles. The third kappa shape index (κ3) is 3.81. The molecule has 120 valence electrons. The average Bonchev–Trinajstić information content (AvgIpc) is 2.45. The van der Waals surface area contributed by atoms with Crippen molar-refractivity contribution in [2.45, 2.75) is 32.5 Å². The number of benzene rings is 2. The first-order valence-electron chi connectivity index (χ1n) is 6.84. The SMILES string of the molecule is CC(C)c1ccccc1-c1ccc(CN)c(C(F)(F)F)c1.Cl. The van der Waals surface area contributed by atoms with Gasteiger partial charge in [0.15, 0.2) is 0 Å². The van der Waals surface area contributed by atoms with E-state index in [1.165, 1.54) is 12.1 Å². The summed E-state index contributed by atoms with van der Waals surface area (Å²) < 4.78 is 39.4. The van der Waals surface area contributed by atoms with E-state index in [0.717, 1.165) is 11.1 Å². The predicted molar refractivity (Wildman–Crippen MR) is 86.1 cm³/mol. The van der Waals surface area contributed by atoms with Gasteiger partial charge in [0.25, 0.3) is 0 Å². The number of alkyl halides is 3. The molecule has 0 radical (unpaired) electrons. The molecule has 0 fully saturated rings. The van der Waals surface area contributed by atoms with Crippen LogP contribution >= 0.6 is 12.4 Å². The lowest BCUT2D eigenvalue weighted by molar-refractivity contribution is -0.138. The molecule has 0 aliphatic rings. The van der Waals surface area contributed by atoms with Crippen molar-refractivity contribution in [2.24, 2.45) is 5.73 Å². The quantitative estimate of drug-likeness (QED) is 0.804. The van der Waals surface area contributed by atoms with E-state index in [9.17, 15) is 13.2 Å². The fourth-order valence-corrected chi connectivity index (χ4v) is 2.45. The molecule has 0 aliphatic carbocycles. The predicted octanol–water partition coefficient (Wildman–Crippen LogP) is 5.38. The summed E-state index contributed by atoms with van der Waals surface area (Å²) >= 11 is 0. The van der Waals surface area contributed by atoms with E-state index in [2.05, 4.69) is 0 Å². The van der Waals surface area contributed by atoms with Crippen LogP contribution in [0.2, 0.25) is 0 Å². The summed E-state index contributed by atoms with van der Waals surface area (Å²) in [5, 5.41) is 0. The second-order valence-corrected chi connectivity index (χ2v) is 5.32. The van der Waals surface area contributed by atoms with E-state index in [1.807, 2.05) is 38.1 Å². The van der Waals surface area contributed by atoms with Gasteiger partial charge in [0.1, 0.15) is 0 Å². The standard InChI is InChI=1S/C17H18F3N.ClH/c1-11(2)14-5-3-4-6-15(14)12-7-8-13(10-21)16(9-12)17(18,19)20;/h3-9,11H,10,21H2,1-2H3;1H. The van der Waals surface area contributed by atoms with Gasteiger partial charge < -0.3 is 5.73 Å². The Morgan fingerprint density at radius 2 is 1.68 bits per heavy atom. The third-order valence-corrected chi connectivity index (χ3v) is 3.53. The zero-order chi connectivity index (χ0) is 15.6. The summed E-state index contributed by atoms with van der Waals surface area (Å²) in [6.45, 7) is 3.93.